The third kappa shape index (κ3) is 3.89. The van der Waals surface area contributed by atoms with Crippen molar-refractivity contribution in [2.75, 3.05) is 21.3 Å². The molecule has 0 radical (unpaired) electrons. The van der Waals surface area contributed by atoms with E-state index in [0.717, 1.165) is 19.3 Å². The van der Waals surface area contributed by atoms with Crippen molar-refractivity contribution in [2.24, 2.45) is 17.3 Å². The van der Waals surface area contributed by atoms with Crippen LogP contribution in [0.1, 0.15) is 72.0 Å². The van der Waals surface area contributed by atoms with Gasteiger partial charge in [-0.2, -0.15) is 0 Å². The number of ether oxygens (including phenoxy) is 3. The van der Waals surface area contributed by atoms with E-state index in [4.69, 9.17) is 14.2 Å². The number of ketones is 1. The first-order valence-corrected chi connectivity index (χ1v) is 12.9. The van der Waals surface area contributed by atoms with Gasteiger partial charge in [-0.25, -0.2) is 0 Å². The summed E-state index contributed by atoms with van der Waals surface area (Å²) in [5, 5.41) is 10.8. The van der Waals surface area contributed by atoms with Crippen LogP contribution >= 0.6 is 0 Å². The number of phenolic OH excluding ortho intramolecular Hbond substituents is 1. The van der Waals surface area contributed by atoms with Crippen LogP contribution in [0, 0.1) is 17.3 Å². The van der Waals surface area contributed by atoms with Gasteiger partial charge in [-0.15, -0.1) is 0 Å². The van der Waals surface area contributed by atoms with Crippen LogP contribution in [0.5, 0.6) is 23.0 Å². The Bertz CT molecular complexity index is 1220. The van der Waals surface area contributed by atoms with E-state index in [0.29, 0.717) is 46.1 Å². The highest BCUT2D eigenvalue weighted by Gasteiger charge is 2.51. The predicted molar refractivity (Wildman–Crippen MR) is 141 cm³/mol. The molecule has 2 aromatic rings. The average Bonchev–Trinajstić information content (AvgIpc) is 3.20. The van der Waals surface area contributed by atoms with Gasteiger partial charge in [-0.3, -0.25) is 4.79 Å². The zero-order valence-electron chi connectivity index (χ0n) is 21.7. The maximum atomic E-state index is 13.0. The van der Waals surface area contributed by atoms with Gasteiger partial charge in [-0.1, -0.05) is 19.1 Å². The Kier molecular flexibility index (Phi) is 6.36. The second-order valence-electron chi connectivity index (χ2n) is 10.7. The summed E-state index contributed by atoms with van der Waals surface area (Å²) in [5.74, 6) is 3.18. The summed E-state index contributed by atoms with van der Waals surface area (Å²) in [6, 6.07) is 7.31. The number of carbonyl (C=O) groups is 1. The molecule has 3 aliphatic carbocycles. The van der Waals surface area contributed by atoms with Crippen LogP contribution in [0.3, 0.4) is 0 Å². The van der Waals surface area contributed by atoms with Gasteiger partial charge in [0, 0.05) is 11.1 Å². The summed E-state index contributed by atoms with van der Waals surface area (Å²) in [4.78, 5) is 13.0. The molecule has 0 heterocycles. The molecule has 36 heavy (non-hydrogen) atoms. The summed E-state index contributed by atoms with van der Waals surface area (Å²) >= 11 is 0. The molecule has 2 aromatic carbocycles. The summed E-state index contributed by atoms with van der Waals surface area (Å²) in [5.41, 5.74) is 5.43. The molecule has 0 amide bonds. The molecule has 1 N–H and O–H groups in total. The lowest BCUT2D eigenvalue weighted by Crippen LogP contribution is -2.40. The van der Waals surface area contributed by atoms with Gasteiger partial charge in [0.05, 0.1) is 21.3 Å². The number of aromatic hydroxyl groups is 1. The largest absolute Gasteiger partial charge is 0.507 e. The number of hydrogen-bond acceptors (Lipinski definition) is 5. The number of aryl methyl sites for hydroxylation is 1. The smallest absolute Gasteiger partial charge is 0.203 e. The normalized spacial score (nSPS) is 26.8. The van der Waals surface area contributed by atoms with Gasteiger partial charge in [0.25, 0.3) is 0 Å². The molecule has 3 aliphatic rings. The third-order valence-electron chi connectivity index (χ3n) is 9.19. The zero-order chi connectivity index (χ0) is 25.6. The molecule has 4 atom stereocenters. The van der Waals surface area contributed by atoms with Crippen molar-refractivity contribution >= 4 is 11.9 Å². The average molecular weight is 489 g/mol. The number of hydrogen-bond donors (Lipinski definition) is 1. The van der Waals surface area contributed by atoms with Gasteiger partial charge in [0.2, 0.25) is 5.75 Å². The topological polar surface area (TPSA) is 65.0 Å². The fourth-order valence-corrected chi connectivity index (χ4v) is 7.15. The van der Waals surface area contributed by atoms with Crippen molar-refractivity contribution in [3.8, 4) is 23.0 Å². The van der Waals surface area contributed by atoms with E-state index in [9.17, 15) is 9.90 Å². The molecule has 5 rings (SSSR count). The second kappa shape index (κ2) is 9.34. The molecule has 0 saturated heterocycles. The number of benzene rings is 2. The van der Waals surface area contributed by atoms with Crippen LogP contribution in [0.25, 0.3) is 6.08 Å². The van der Waals surface area contributed by atoms with Crippen molar-refractivity contribution in [3.63, 3.8) is 0 Å². The maximum absolute atomic E-state index is 13.0. The van der Waals surface area contributed by atoms with Crippen molar-refractivity contribution in [3.05, 3.63) is 64.7 Å². The van der Waals surface area contributed by atoms with Gasteiger partial charge in [-0.05, 0) is 109 Å². The minimum atomic E-state index is -0.206. The van der Waals surface area contributed by atoms with E-state index in [-0.39, 0.29) is 16.9 Å². The van der Waals surface area contributed by atoms with Crippen molar-refractivity contribution in [2.45, 2.75) is 51.4 Å². The molecule has 0 bridgehead atoms. The van der Waals surface area contributed by atoms with E-state index in [1.807, 2.05) is 6.07 Å². The van der Waals surface area contributed by atoms with Crippen molar-refractivity contribution in [1.29, 1.82) is 0 Å². The minimum absolute atomic E-state index is 0.206. The van der Waals surface area contributed by atoms with Gasteiger partial charge in [0.1, 0.15) is 5.75 Å². The first-order chi connectivity index (χ1) is 17.3. The second-order valence-corrected chi connectivity index (χ2v) is 10.7. The van der Waals surface area contributed by atoms with Crippen LogP contribution in [-0.4, -0.2) is 32.2 Å². The van der Waals surface area contributed by atoms with Gasteiger partial charge >= 0.3 is 0 Å². The lowest BCUT2D eigenvalue weighted by atomic mass is 9.55. The number of allylic oxidation sites excluding steroid dienone is 2. The number of fused-ring (bicyclic) bond motifs is 5. The molecule has 2 fully saturated rings. The first kappa shape index (κ1) is 24.5. The van der Waals surface area contributed by atoms with E-state index < -0.39 is 0 Å². The van der Waals surface area contributed by atoms with E-state index in [2.05, 4.69) is 19.6 Å². The lowest BCUT2D eigenvalue weighted by molar-refractivity contribution is 0.0816. The Hall–Kier alpha value is -3.21. The molecule has 2 saturated carbocycles. The lowest BCUT2D eigenvalue weighted by Gasteiger charge is -2.49. The summed E-state index contributed by atoms with van der Waals surface area (Å²) in [6.45, 7) is 6.85. The Morgan fingerprint density at radius 1 is 1.03 bits per heavy atom. The van der Waals surface area contributed by atoms with Crippen LogP contribution in [-0.2, 0) is 6.42 Å². The molecular weight excluding hydrogens is 452 g/mol. The molecule has 0 aliphatic heterocycles. The Balaban J connectivity index is 1.43. The molecular formula is C31H36O5. The molecule has 0 spiro atoms. The van der Waals surface area contributed by atoms with E-state index in [1.165, 1.54) is 63.4 Å². The molecule has 5 heteroatoms. The van der Waals surface area contributed by atoms with Crippen LogP contribution in [0.2, 0.25) is 0 Å². The van der Waals surface area contributed by atoms with Crippen molar-refractivity contribution in [1.82, 2.24) is 0 Å². The summed E-state index contributed by atoms with van der Waals surface area (Å²) in [7, 11) is 4.57. The Labute approximate surface area is 213 Å². The highest BCUT2D eigenvalue weighted by atomic mass is 16.5. The number of methoxy groups -OCH3 is 3. The van der Waals surface area contributed by atoms with Crippen LogP contribution in [0.15, 0.2) is 42.5 Å². The third-order valence-corrected chi connectivity index (χ3v) is 9.19. The predicted octanol–water partition coefficient (Wildman–Crippen LogP) is 6.73. The Morgan fingerprint density at radius 2 is 1.75 bits per heavy atom. The quantitative estimate of drug-likeness (QED) is 0.278. The maximum Gasteiger partial charge on any atom is 0.203 e. The van der Waals surface area contributed by atoms with Crippen LogP contribution < -0.4 is 14.2 Å². The standard InChI is InChI=1S/C31H36O5/c1-18-6-10-25-23-9-7-19-15-27(33)20(14-24(19)22(23)12-13-31(18,25)2)8-11-26(32)21-16-28(34-3)30(36-5)29(17-21)35-4/h8,11,14-17,22-23,25,33H,1,6-7,9-10,12-13H2,2-5H3/b11-8+/t22?,23?,25?,31-/m1/s1. The highest BCUT2D eigenvalue weighted by molar-refractivity contribution is 6.07. The van der Waals surface area contributed by atoms with Crippen LogP contribution in [0.4, 0.5) is 0 Å². The SMILES string of the molecule is C=C1CCC2C3CCc4cc(O)c(/C=C/C(=O)c5cc(OC)c(OC)c(OC)c5)cc4C3CC[C@]12C. The van der Waals surface area contributed by atoms with E-state index >= 15 is 0 Å². The fourth-order valence-electron chi connectivity index (χ4n) is 7.15. The zero-order valence-corrected chi connectivity index (χ0v) is 21.7. The highest BCUT2D eigenvalue weighted by Crippen LogP contribution is 2.62. The molecule has 0 aromatic heterocycles. The van der Waals surface area contributed by atoms with E-state index in [1.54, 1.807) is 18.2 Å². The van der Waals surface area contributed by atoms with Gasteiger partial charge in [0.15, 0.2) is 17.3 Å². The molecule has 5 nitrogen and oxygen atoms in total. The number of rotatable bonds is 6. The number of carbonyl (C=O) groups excluding carboxylic acids is 1. The first-order valence-electron chi connectivity index (χ1n) is 12.9. The summed E-state index contributed by atoms with van der Waals surface area (Å²) in [6.07, 6.45) is 10.1. The van der Waals surface area contributed by atoms with Crippen molar-refractivity contribution < 1.29 is 24.1 Å². The molecule has 3 unspecified atom stereocenters. The minimum Gasteiger partial charge on any atom is -0.507 e. The Morgan fingerprint density at radius 3 is 2.42 bits per heavy atom. The monoisotopic (exact) mass is 488 g/mol. The number of phenols is 1. The fraction of sp³-hybridized carbons (Fsp3) is 0.452. The molecule has 190 valence electrons. The van der Waals surface area contributed by atoms with Gasteiger partial charge < -0.3 is 19.3 Å². The summed E-state index contributed by atoms with van der Waals surface area (Å²) < 4.78 is 16.1.